The van der Waals surface area contributed by atoms with Crippen molar-refractivity contribution in [2.45, 2.75) is 166 Å². The van der Waals surface area contributed by atoms with E-state index >= 15 is 0 Å². The highest BCUT2D eigenvalue weighted by Gasteiger charge is 2.68. The van der Waals surface area contributed by atoms with Crippen LogP contribution < -0.4 is 60.6 Å². The standard InChI is InChI=1S/C51H82BN11O8/c1-5-6-13-32-17-19-33(20-18-32)34-21-23-35(24-22-34)44(65)58-29-25-42(64)59-37(14-7-10-26-53)45(66)60-38(15-8-11-27-54)46(67)62-43(56)48(69)61-39(16-9-12-28-55)47(68)63-49(57)52-70-41-31-36-30-40(50(36,2)3)51(41,4)71-52/h17-24,36-41,43,49H,5-16,25-31,53-57H2,1-4H3,(H,58,65)(H,59,64)(H,60,66)(H,61,69)(H,62,67)(H,63,68)/t36-,37-,38-,39-,40-,41+,43+,49+,51-/m0/s1. The van der Waals surface area contributed by atoms with Crippen LogP contribution in [0.1, 0.15) is 134 Å². The zero-order valence-electron chi connectivity index (χ0n) is 42.4. The van der Waals surface area contributed by atoms with E-state index in [0.717, 1.165) is 43.2 Å². The molecule has 392 valence electrons. The van der Waals surface area contributed by atoms with E-state index < -0.39 is 72.6 Å². The van der Waals surface area contributed by atoms with Crippen LogP contribution in [0.3, 0.4) is 0 Å². The Morgan fingerprint density at radius 1 is 0.662 bits per heavy atom. The molecule has 20 heteroatoms. The fourth-order valence-electron chi connectivity index (χ4n) is 10.2. The van der Waals surface area contributed by atoms with Crippen molar-refractivity contribution in [3.8, 4) is 11.1 Å². The van der Waals surface area contributed by atoms with Crippen molar-refractivity contribution in [3.63, 3.8) is 0 Å². The van der Waals surface area contributed by atoms with E-state index in [1.165, 1.54) is 5.56 Å². The van der Waals surface area contributed by atoms with Gasteiger partial charge in [-0.25, -0.2) is 0 Å². The van der Waals surface area contributed by atoms with E-state index in [-0.39, 0.29) is 49.7 Å². The fourth-order valence-corrected chi connectivity index (χ4v) is 10.2. The van der Waals surface area contributed by atoms with Gasteiger partial charge in [-0.1, -0.05) is 63.6 Å². The van der Waals surface area contributed by atoms with Gasteiger partial charge >= 0.3 is 7.12 Å². The Bertz CT molecular complexity index is 2080. The second kappa shape index (κ2) is 27.2. The number of benzene rings is 2. The van der Waals surface area contributed by atoms with Gasteiger partial charge in [0.15, 0.2) is 6.17 Å². The molecule has 1 aliphatic heterocycles. The van der Waals surface area contributed by atoms with Gasteiger partial charge in [0.1, 0.15) is 24.2 Å². The summed E-state index contributed by atoms with van der Waals surface area (Å²) in [5, 5.41) is 16.1. The monoisotopic (exact) mass is 988 g/mol. The van der Waals surface area contributed by atoms with Gasteiger partial charge in [0, 0.05) is 18.5 Å². The highest BCUT2D eigenvalue weighted by Crippen LogP contribution is 2.65. The van der Waals surface area contributed by atoms with E-state index in [1.807, 2.05) is 12.1 Å². The lowest BCUT2D eigenvalue weighted by Crippen LogP contribution is -2.65. The molecule has 0 radical (unpaired) electrons. The van der Waals surface area contributed by atoms with Crippen molar-refractivity contribution >= 4 is 42.6 Å². The fraction of sp³-hybridized carbons (Fsp3) is 0.647. The zero-order chi connectivity index (χ0) is 51.7. The molecule has 0 aromatic heterocycles. The predicted molar refractivity (Wildman–Crippen MR) is 274 cm³/mol. The first-order valence-corrected chi connectivity index (χ1v) is 25.9. The number of hydrogen-bond donors (Lipinski definition) is 11. The van der Waals surface area contributed by atoms with Crippen LogP contribution >= 0.6 is 0 Å². The van der Waals surface area contributed by atoms with Gasteiger partial charge < -0.3 is 69.9 Å². The molecule has 2 aromatic carbocycles. The van der Waals surface area contributed by atoms with Crippen LogP contribution in [0.15, 0.2) is 48.5 Å². The van der Waals surface area contributed by atoms with E-state index in [2.05, 4.69) is 83.9 Å². The van der Waals surface area contributed by atoms with Crippen LogP contribution in [-0.2, 0) is 39.7 Å². The van der Waals surface area contributed by atoms with Crippen LogP contribution in [0, 0.1) is 17.3 Å². The van der Waals surface area contributed by atoms with E-state index in [4.69, 9.17) is 38.0 Å². The molecule has 71 heavy (non-hydrogen) atoms. The Balaban J connectivity index is 1.13. The number of carbonyl (C=O) groups excluding carboxylic acids is 6. The number of hydrogen-bond acceptors (Lipinski definition) is 13. The molecule has 0 unspecified atom stereocenters. The minimum atomic E-state index is -1.62. The van der Waals surface area contributed by atoms with Crippen molar-refractivity contribution in [2.24, 2.45) is 45.9 Å². The number of amides is 6. The summed E-state index contributed by atoms with van der Waals surface area (Å²) >= 11 is 0. The lowest BCUT2D eigenvalue weighted by molar-refractivity contribution is -0.199. The van der Waals surface area contributed by atoms with Crippen LogP contribution in [-0.4, -0.2) is 111 Å². The van der Waals surface area contributed by atoms with E-state index in [9.17, 15) is 28.8 Å². The molecule has 9 atom stereocenters. The molecule has 4 fully saturated rings. The predicted octanol–water partition coefficient (Wildman–Crippen LogP) is 1.73. The number of aryl methyl sites for hydroxylation is 1. The van der Waals surface area contributed by atoms with Crippen LogP contribution in [0.2, 0.25) is 0 Å². The largest absolute Gasteiger partial charge is 0.497 e. The summed E-state index contributed by atoms with van der Waals surface area (Å²) in [7, 11) is -0.891. The quantitative estimate of drug-likeness (QED) is 0.0302. The highest BCUT2D eigenvalue weighted by atomic mass is 16.7. The summed E-state index contributed by atoms with van der Waals surface area (Å²) in [6.07, 6.45) is 7.08. The van der Waals surface area contributed by atoms with Gasteiger partial charge in [-0.05, 0) is 156 Å². The molecule has 6 rings (SSSR count). The maximum absolute atomic E-state index is 13.8. The van der Waals surface area contributed by atoms with Crippen molar-refractivity contribution in [1.82, 2.24) is 31.9 Å². The molecular formula is C51H82BN11O8. The number of nitrogens with one attached hydrogen (secondary N) is 6. The highest BCUT2D eigenvalue weighted by molar-refractivity contribution is 6.47. The smallest absolute Gasteiger partial charge is 0.403 e. The minimum Gasteiger partial charge on any atom is -0.403 e. The molecule has 1 heterocycles. The van der Waals surface area contributed by atoms with Crippen molar-refractivity contribution in [1.29, 1.82) is 0 Å². The maximum Gasteiger partial charge on any atom is 0.497 e. The van der Waals surface area contributed by atoms with E-state index in [0.29, 0.717) is 75.6 Å². The van der Waals surface area contributed by atoms with Gasteiger partial charge in [-0.2, -0.15) is 0 Å². The summed E-state index contributed by atoms with van der Waals surface area (Å²) in [5.74, 6) is -2.82. The number of nitrogens with two attached hydrogens (primary N) is 5. The summed E-state index contributed by atoms with van der Waals surface area (Å²) in [6, 6.07) is 11.3. The minimum absolute atomic E-state index is 0.0117. The summed E-state index contributed by atoms with van der Waals surface area (Å²) in [6.45, 7) is 9.81. The van der Waals surface area contributed by atoms with Gasteiger partial charge in [0.05, 0.1) is 11.7 Å². The second-order valence-electron chi connectivity index (χ2n) is 20.3. The molecule has 6 amide bonds. The first kappa shape index (κ1) is 57.0. The molecule has 3 saturated carbocycles. The Morgan fingerprint density at radius 2 is 1.18 bits per heavy atom. The van der Waals surface area contributed by atoms with Crippen LogP contribution in [0.4, 0.5) is 0 Å². The Hall–Kier alpha value is -4.96. The average molecular weight is 988 g/mol. The summed E-state index contributed by atoms with van der Waals surface area (Å²) in [5.41, 5.74) is 33.2. The molecule has 3 aliphatic carbocycles. The number of carbonyl (C=O) groups is 6. The summed E-state index contributed by atoms with van der Waals surface area (Å²) in [4.78, 5) is 81.1. The summed E-state index contributed by atoms with van der Waals surface area (Å²) < 4.78 is 12.7. The molecule has 2 bridgehead atoms. The topological polar surface area (TPSA) is 323 Å². The Kier molecular flexibility index (Phi) is 21.8. The lowest BCUT2D eigenvalue weighted by Gasteiger charge is -2.64. The van der Waals surface area contributed by atoms with Gasteiger partial charge in [0.25, 0.3) is 11.8 Å². The third-order valence-corrected chi connectivity index (χ3v) is 14.8. The first-order chi connectivity index (χ1) is 33.9. The van der Waals surface area contributed by atoms with Crippen LogP contribution in [0.25, 0.3) is 11.1 Å². The molecule has 19 nitrogen and oxygen atoms in total. The molecule has 1 saturated heterocycles. The Morgan fingerprint density at radius 3 is 1.73 bits per heavy atom. The van der Waals surface area contributed by atoms with Crippen molar-refractivity contribution in [2.75, 3.05) is 26.2 Å². The van der Waals surface area contributed by atoms with Crippen LogP contribution in [0.5, 0.6) is 0 Å². The molecule has 2 aromatic rings. The van der Waals surface area contributed by atoms with Crippen molar-refractivity contribution < 1.29 is 38.1 Å². The normalized spacial score (nSPS) is 21.8. The third-order valence-electron chi connectivity index (χ3n) is 14.8. The Labute approximate surface area is 420 Å². The van der Waals surface area contributed by atoms with Gasteiger partial charge in [-0.15, -0.1) is 0 Å². The zero-order valence-corrected chi connectivity index (χ0v) is 42.4. The lowest BCUT2D eigenvalue weighted by atomic mass is 9.43. The van der Waals surface area contributed by atoms with E-state index in [1.54, 1.807) is 12.1 Å². The maximum atomic E-state index is 13.8. The molecule has 4 aliphatic rings. The number of unbranched alkanes of at least 4 members (excludes halogenated alkanes) is 4. The third kappa shape index (κ3) is 15.5. The molecule has 16 N–H and O–H groups in total. The number of rotatable bonds is 30. The van der Waals surface area contributed by atoms with Gasteiger partial charge in [0.2, 0.25) is 23.6 Å². The SMILES string of the molecule is CCCCc1ccc(-c2ccc(C(=O)NCCC(=O)N[C@@H](CCCCN)C(=O)N[C@@H](CCCCN)C(=O)N[C@@H](N)C(=O)N[C@@H](CCCCN)C(=O)N[C@@H](N)B3O[C@@H]4C[C@@H]5C[C@@H](C5(C)C)[C@]4(C)O3)cc2)cc1. The second-order valence-corrected chi connectivity index (χ2v) is 20.3. The van der Waals surface area contributed by atoms with Crippen molar-refractivity contribution in [3.05, 3.63) is 59.7 Å². The van der Waals surface area contributed by atoms with Gasteiger partial charge in [-0.3, -0.25) is 28.8 Å². The molecule has 0 spiro atoms. The first-order valence-electron chi connectivity index (χ1n) is 25.9. The average Bonchev–Trinajstić information content (AvgIpc) is 3.72. The molecular weight excluding hydrogens is 905 g/mol.